The Labute approximate surface area is 389 Å². The molecule has 2 fully saturated rings. The van der Waals surface area contributed by atoms with Crippen LogP contribution in [0.5, 0.6) is 17.2 Å². The third kappa shape index (κ3) is 12.1. The molecule has 3 heterocycles. The number of likely N-dealkylation sites (tertiary alicyclic amines) is 2. The summed E-state index contributed by atoms with van der Waals surface area (Å²) in [7, 11) is 0. The van der Waals surface area contributed by atoms with Crippen molar-refractivity contribution in [1.82, 2.24) is 20.4 Å². The number of nitrogens with one attached hydrogen (secondary N) is 2. The van der Waals surface area contributed by atoms with Gasteiger partial charge in [0, 0.05) is 29.6 Å². The van der Waals surface area contributed by atoms with Crippen molar-refractivity contribution < 1.29 is 43.2 Å². The molecule has 3 amide bonds. The molecule has 2 aliphatic heterocycles. The normalized spacial score (nSPS) is 17.9. The SMILES string of the molecule is CC(NC(=O)[C@@H]1C[C@@H](O)CN1C(=O)C(NC(=O)COCCOCCN1CCC(c2ccc(Oc3c(-c4ccc(F)cc4)sc4cc(O)ccc34)cc2)CC1)C(C)(C)C)c1ccc(C#N)cc1. The number of amides is 3. The number of hydrogen-bond acceptors (Lipinski definition) is 11. The molecule has 0 spiro atoms. The van der Waals surface area contributed by atoms with Gasteiger partial charge in [0.15, 0.2) is 5.75 Å². The van der Waals surface area contributed by atoms with E-state index in [4.69, 9.17) is 19.5 Å². The van der Waals surface area contributed by atoms with Crippen molar-refractivity contribution in [2.75, 3.05) is 52.6 Å². The average molecular weight is 920 g/mol. The molecule has 0 aliphatic carbocycles. The number of phenols is 1. The first-order valence-electron chi connectivity index (χ1n) is 22.4. The van der Waals surface area contributed by atoms with Crippen LogP contribution in [0.1, 0.15) is 75.6 Å². The highest BCUT2D eigenvalue weighted by Crippen LogP contribution is 2.47. The van der Waals surface area contributed by atoms with E-state index in [1.165, 1.54) is 33.9 Å². The molecule has 1 aromatic heterocycles. The second-order valence-corrected chi connectivity index (χ2v) is 19.2. The van der Waals surface area contributed by atoms with Gasteiger partial charge in [-0.05, 0) is 115 Å². The predicted octanol–water partition coefficient (Wildman–Crippen LogP) is 7.66. The van der Waals surface area contributed by atoms with E-state index in [2.05, 4.69) is 33.7 Å². The molecule has 2 unspecified atom stereocenters. The van der Waals surface area contributed by atoms with E-state index in [1.807, 2.05) is 45.9 Å². The lowest BCUT2D eigenvalue weighted by Gasteiger charge is -2.35. The molecule has 0 radical (unpaired) electrons. The number of aromatic hydroxyl groups is 1. The number of aliphatic hydroxyl groups is 1. The maximum absolute atomic E-state index is 13.9. The zero-order valence-electron chi connectivity index (χ0n) is 37.8. The minimum Gasteiger partial charge on any atom is -0.508 e. The van der Waals surface area contributed by atoms with Gasteiger partial charge in [-0.2, -0.15) is 5.26 Å². The number of β-amino-alcohol motifs (C(OH)–C–C–N with tert-alkyl or cyclic N) is 1. The number of nitriles is 1. The molecule has 2 saturated heterocycles. The smallest absolute Gasteiger partial charge is 0.246 e. The van der Waals surface area contributed by atoms with E-state index in [0.717, 1.165) is 58.6 Å². The molecule has 66 heavy (non-hydrogen) atoms. The fraction of sp³-hybridized carbons (Fsp3) is 0.412. The van der Waals surface area contributed by atoms with Crippen LogP contribution in [0.3, 0.4) is 0 Å². The topological polar surface area (TPSA) is 174 Å². The minimum atomic E-state index is -0.974. The standard InChI is InChI=1S/C51H58FN5O8S/c1-32(34-7-5-33(29-53)6-8-34)54-49(61)43-27-40(59)30-57(43)50(62)48(51(2,3)4)55-45(60)31-64-26-25-63-24-23-56-21-19-36(20-22-56)35-11-16-41(17-12-35)65-46-42-18-15-39(58)28-44(42)66-47(46)37-9-13-38(52)14-10-37/h5-18,28,32,36,40,43,48,58-59H,19-27,30-31H2,1-4H3,(H,54,61)(H,55,60)/t32?,40-,43+,48?/m1/s1. The van der Waals surface area contributed by atoms with Crippen LogP contribution in [0.15, 0.2) is 91.0 Å². The summed E-state index contributed by atoms with van der Waals surface area (Å²) in [5.41, 5.74) is 2.68. The minimum absolute atomic E-state index is 0.0348. The number of rotatable bonds is 17. The quantitative estimate of drug-likeness (QED) is 0.0679. The van der Waals surface area contributed by atoms with E-state index < -0.39 is 47.4 Å². The first kappa shape index (κ1) is 48.1. The Bertz CT molecular complexity index is 2500. The van der Waals surface area contributed by atoms with Crippen molar-refractivity contribution in [3.05, 3.63) is 114 Å². The third-order valence-corrected chi connectivity index (χ3v) is 13.4. The van der Waals surface area contributed by atoms with Gasteiger partial charge in [0.25, 0.3) is 0 Å². The van der Waals surface area contributed by atoms with Gasteiger partial charge in [-0.25, -0.2) is 4.39 Å². The fourth-order valence-corrected chi connectivity index (χ4v) is 9.68. The summed E-state index contributed by atoms with van der Waals surface area (Å²) in [5.74, 6) is 0.307. The van der Waals surface area contributed by atoms with E-state index in [0.29, 0.717) is 36.2 Å². The van der Waals surface area contributed by atoms with Gasteiger partial charge in [0.05, 0.1) is 48.5 Å². The summed E-state index contributed by atoms with van der Waals surface area (Å²) in [6.07, 6.45) is 1.20. The Hall–Kier alpha value is -5.89. The first-order chi connectivity index (χ1) is 31.7. The number of thiophene rings is 1. The number of ether oxygens (including phenoxy) is 3. The fourth-order valence-electron chi connectivity index (χ4n) is 8.51. The van der Waals surface area contributed by atoms with Gasteiger partial charge in [0.2, 0.25) is 17.7 Å². The molecule has 0 bridgehead atoms. The molecule has 4 aromatic carbocycles. The summed E-state index contributed by atoms with van der Waals surface area (Å²) >= 11 is 1.49. The maximum Gasteiger partial charge on any atom is 0.246 e. The molecule has 4 atom stereocenters. The number of piperidine rings is 1. The van der Waals surface area contributed by atoms with Crippen molar-refractivity contribution in [1.29, 1.82) is 5.26 Å². The number of carbonyl (C=O) groups is 3. The van der Waals surface area contributed by atoms with Gasteiger partial charge in [-0.15, -0.1) is 11.3 Å². The summed E-state index contributed by atoms with van der Waals surface area (Å²) < 4.78 is 32.5. The van der Waals surface area contributed by atoms with E-state index in [9.17, 15) is 29.0 Å². The van der Waals surface area contributed by atoms with Crippen LogP contribution in [-0.2, 0) is 23.9 Å². The highest BCUT2D eigenvalue weighted by atomic mass is 32.1. The summed E-state index contributed by atoms with van der Waals surface area (Å²) in [5, 5.41) is 36.3. The molecule has 7 rings (SSSR count). The Morgan fingerprint density at radius 1 is 0.924 bits per heavy atom. The van der Waals surface area contributed by atoms with Crippen LogP contribution in [0.25, 0.3) is 20.5 Å². The highest BCUT2D eigenvalue weighted by Gasteiger charge is 2.44. The summed E-state index contributed by atoms with van der Waals surface area (Å²) in [4.78, 5) is 45.0. The van der Waals surface area contributed by atoms with Gasteiger partial charge in [-0.3, -0.25) is 14.4 Å². The number of hydrogen-bond donors (Lipinski definition) is 4. The average Bonchev–Trinajstić information content (AvgIpc) is 3.87. The van der Waals surface area contributed by atoms with Gasteiger partial charge >= 0.3 is 0 Å². The number of phenolic OH excluding ortho intramolecular Hbond substituents is 1. The molecule has 348 valence electrons. The monoisotopic (exact) mass is 919 g/mol. The Morgan fingerprint density at radius 2 is 1.62 bits per heavy atom. The molecule has 13 nitrogen and oxygen atoms in total. The van der Waals surface area contributed by atoms with Gasteiger partial charge in [-0.1, -0.05) is 57.2 Å². The van der Waals surface area contributed by atoms with Crippen molar-refractivity contribution in [2.45, 2.75) is 77.1 Å². The summed E-state index contributed by atoms with van der Waals surface area (Å²) in [6, 6.07) is 26.4. The second-order valence-electron chi connectivity index (χ2n) is 18.1. The van der Waals surface area contributed by atoms with Crippen molar-refractivity contribution in [3.63, 3.8) is 0 Å². The molecule has 4 N–H and O–H groups in total. The Morgan fingerprint density at radius 3 is 2.30 bits per heavy atom. The van der Waals surface area contributed by atoms with Gasteiger partial charge in [0.1, 0.15) is 36.0 Å². The number of carbonyl (C=O) groups excluding carboxylic acids is 3. The summed E-state index contributed by atoms with van der Waals surface area (Å²) in [6.45, 7) is 10.6. The van der Waals surface area contributed by atoms with E-state index in [-0.39, 0.29) is 37.7 Å². The largest absolute Gasteiger partial charge is 0.508 e. The Balaban J connectivity index is 0.808. The Kier molecular flexibility index (Phi) is 15.7. The maximum atomic E-state index is 13.9. The van der Waals surface area contributed by atoms with Gasteiger partial charge < -0.3 is 44.9 Å². The second kappa shape index (κ2) is 21.6. The predicted molar refractivity (Wildman–Crippen MR) is 251 cm³/mol. The number of nitrogens with zero attached hydrogens (tertiary/aromatic N) is 3. The van der Waals surface area contributed by atoms with Crippen LogP contribution < -0.4 is 15.4 Å². The lowest BCUT2D eigenvalue weighted by Crippen LogP contribution is -2.58. The number of halogens is 1. The molecule has 5 aromatic rings. The molecule has 0 saturated carbocycles. The lowest BCUT2D eigenvalue weighted by atomic mass is 9.85. The highest BCUT2D eigenvalue weighted by molar-refractivity contribution is 7.22. The lowest BCUT2D eigenvalue weighted by molar-refractivity contribution is -0.144. The van der Waals surface area contributed by atoms with Crippen LogP contribution in [0, 0.1) is 22.6 Å². The van der Waals surface area contributed by atoms with Crippen molar-refractivity contribution >= 4 is 39.1 Å². The van der Waals surface area contributed by atoms with Crippen LogP contribution in [0.2, 0.25) is 0 Å². The van der Waals surface area contributed by atoms with Crippen molar-refractivity contribution in [2.24, 2.45) is 5.41 Å². The van der Waals surface area contributed by atoms with Crippen molar-refractivity contribution in [3.8, 4) is 33.8 Å². The van der Waals surface area contributed by atoms with Crippen LogP contribution in [-0.4, -0.2) is 109 Å². The number of fused-ring (bicyclic) bond motifs is 1. The van der Waals surface area contributed by atoms with Crippen LogP contribution in [0.4, 0.5) is 4.39 Å². The zero-order valence-corrected chi connectivity index (χ0v) is 38.6. The number of aliphatic hydroxyl groups excluding tert-OH is 1. The molecule has 2 aliphatic rings. The third-order valence-electron chi connectivity index (χ3n) is 12.2. The molecule has 15 heteroatoms. The van der Waals surface area contributed by atoms with E-state index >= 15 is 0 Å². The molecular formula is C51H58FN5O8S. The first-order valence-corrected chi connectivity index (χ1v) is 23.2. The zero-order chi connectivity index (χ0) is 47.0. The van der Waals surface area contributed by atoms with E-state index in [1.54, 1.807) is 48.5 Å². The number of benzene rings is 4. The molecular weight excluding hydrogens is 862 g/mol. The van der Waals surface area contributed by atoms with Crippen LogP contribution >= 0.6 is 11.3 Å².